The average Bonchev–Trinajstić information content (AvgIpc) is 2.69. The molecule has 25 heavy (non-hydrogen) atoms. The fourth-order valence-corrected chi connectivity index (χ4v) is 4.75. The molecule has 2 aromatic rings. The van der Waals surface area contributed by atoms with Crippen LogP contribution in [0.1, 0.15) is 68.9 Å². The fourth-order valence-electron chi connectivity index (χ4n) is 4.75. The lowest BCUT2D eigenvalue weighted by atomic mass is 9.66. The van der Waals surface area contributed by atoms with E-state index < -0.39 is 0 Å². The molecule has 1 unspecified atom stereocenters. The van der Waals surface area contributed by atoms with Crippen LogP contribution in [-0.4, -0.2) is 0 Å². The Labute approximate surface area is 154 Å². The molecular weight excluding hydrogens is 300 g/mol. The first-order valence-electron chi connectivity index (χ1n) is 10.2. The first kappa shape index (κ1) is 18.2. The Morgan fingerprint density at radius 2 is 1.48 bits per heavy atom. The predicted molar refractivity (Wildman–Crippen MR) is 109 cm³/mol. The second-order valence-electron chi connectivity index (χ2n) is 7.94. The summed E-state index contributed by atoms with van der Waals surface area (Å²) in [4.78, 5) is 0. The Morgan fingerprint density at radius 1 is 0.840 bits per heavy atom. The second-order valence-corrected chi connectivity index (χ2v) is 7.94. The van der Waals surface area contributed by atoms with Crippen LogP contribution in [0, 0.1) is 12.8 Å². The first-order chi connectivity index (χ1) is 12.3. The highest BCUT2D eigenvalue weighted by Crippen LogP contribution is 2.42. The molecule has 0 heteroatoms. The molecule has 1 fully saturated rings. The van der Waals surface area contributed by atoms with Gasteiger partial charge in [-0.05, 0) is 54.6 Å². The van der Waals surface area contributed by atoms with Crippen LogP contribution in [0.5, 0.6) is 0 Å². The zero-order valence-electron chi connectivity index (χ0n) is 15.6. The molecule has 0 nitrogen and oxygen atoms in total. The van der Waals surface area contributed by atoms with Crippen molar-refractivity contribution in [1.29, 1.82) is 0 Å². The number of hydrogen-bond acceptors (Lipinski definition) is 0. The Morgan fingerprint density at radius 3 is 2.12 bits per heavy atom. The van der Waals surface area contributed by atoms with Crippen molar-refractivity contribution in [3.05, 3.63) is 78.7 Å². The van der Waals surface area contributed by atoms with Crippen molar-refractivity contribution in [3.63, 3.8) is 0 Å². The third-order valence-electron chi connectivity index (χ3n) is 6.23. The van der Waals surface area contributed by atoms with Gasteiger partial charge in [-0.1, -0.05) is 99.7 Å². The molecule has 0 heterocycles. The van der Waals surface area contributed by atoms with Gasteiger partial charge in [0, 0.05) is 0 Å². The van der Waals surface area contributed by atoms with Gasteiger partial charge in [0.1, 0.15) is 0 Å². The average molecular weight is 334 g/mol. The molecule has 1 radical (unpaired) electrons. The normalized spacial score (nSPS) is 18.0. The molecule has 0 bridgehead atoms. The third kappa shape index (κ3) is 4.97. The number of hydrogen-bond donors (Lipinski definition) is 0. The number of rotatable bonds is 8. The van der Waals surface area contributed by atoms with Crippen LogP contribution >= 0.6 is 0 Å². The van der Waals surface area contributed by atoms with Crippen molar-refractivity contribution in [3.8, 4) is 0 Å². The van der Waals surface area contributed by atoms with Crippen LogP contribution in [0.2, 0.25) is 0 Å². The molecule has 1 aliphatic carbocycles. The van der Waals surface area contributed by atoms with Crippen molar-refractivity contribution < 1.29 is 0 Å². The van der Waals surface area contributed by atoms with Crippen LogP contribution in [0.4, 0.5) is 0 Å². The molecule has 2 aromatic carbocycles. The van der Waals surface area contributed by atoms with Crippen LogP contribution in [-0.2, 0) is 11.8 Å². The van der Waals surface area contributed by atoms with Crippen LogP contribution < -0.4 is 0 Å². The summed E-state index contributed by atoms with van der Waals surface area (Å²) in [7, 11) is 0. The quantitative estimate of drug-likeness (QED) is 0.481. The molecule has 1 saturated carbocycles. The van der Waals surface area contributed by atoms with Crippen LogP contribution in [0.15, 0.2) is 60.7 Å². The van der Waals surface area contributed by atoms with E-state index in [0.29, 0.717) is 0 Å². The summed E-state index contributed by atoms with van der Waals surface area (Å²) < 4.78 is 0. The van der Waals surface area contributed by atoms with E-state index in [1.807, 2.05) is 0 Å². The molecule has 0 spiro atoms. The maximum absolute atomic E-state index is 4.43. The summed E-state index contributed by atoms with van der Waals surface area (Å²) in [6.45, 7) is 4.43. The van der Waals surface area contributed by atoms with Crippen molar-refractivity contribution in [2.24, 2.45) is 5.92 Å². The molecule has 0 aromatic heterocycles. The summed E-state index contributed by atoms with van der Waals surface area (Å²) in [5.74, 6) is 0.896. The summed E-state index contributed by atoms with van der Waals surface area (Å²) in [5.41, 5.74) is 3.24. The second kappa shape index (κ2) is 9.22. The fraction of sp³-hybridized carbons (Fsp3) is 0.480. The minimum atomic E-state index is 0.262. The first-order valence-corrected chi connectivity index (χ1v) is 10.2. The summed E-state index contributed by atoms with van der Waals surface area (Å²) in [6.07, 6.45) is 13.2. The summed E-state index contributed by atoms with van der Waals surface area (Å²) in [5, 5.41) is 0. The van der Waals surface area contributed by atoms with Gasteiger partial charge in [0.25, 0.3) is 0 Å². The van der Waals surface area contributed by atoms with Crippen LogP contribution in [0.3, 0.4) is 0 Å². The monoisotopic (exact) mass is 333 g/mol. The Hall–Kier alpha value is -1.56. The lowest BCUT2D eigenvalue weighted by Gasteiger charge is -2.38. The van der Waals surface area contributed by atoms with Gasteiger partial charge in [-0.25, -0.2) is 0 Å². The van der Waals surface area contributed by atoms with E-state index in [0.717, 1.165) is 12.3 Å². The van der Waals surface area contributed by atoms with E-state index in [1.165, 1.54) is 68.9 Å². The van der Waals surface area contributed by atoms with Gasteiger partial charge in [-0.15, -0.1) is 0 Å². The van der Waals surface area contributed by atoms with Gasteiger partial charge < -0.3 is 0 Å². The Bertz CT molecular complexity index is 594. The molecule has 0 aliphatic heterocycles. The lowest BCUT2D eigenvalue weighted by molar-refractivity contribution is 0.240. The van der Waals surface area contributed by atoms with Crippen molar-refractivity contribution in [1.82, 2.24) is 0 Å². The molecule has 133 valence electrons. The van der Waals surface area contributed by atoms with E-state index in [9.17, 15) is 0 Å². The maximum atomic E-state index is 4.43. The minimum absolute atomic E-state index is 0.262. The molecule has 0 saturated heterocycles. The molecule has 3 rings (SSSR count). The Kier molecular flexibility index (Phi) is 6.73. The molecule has 1 aliphatic rings. The smallest absolute Gasteiger partial charge is 0.00442 e. The topological polar surface area (TPSA) is 0 Å². The van der Waals surface area contributed by atoms with Crippen LogP contribution in [0.25, 0.3) is 0 Å². The molecule has 1 atom stereocenters. The SMILES string of the molecule is [CH2]CC(CCCc1ccccc1)(CC1CCCCC1)c1ccccc1. The van der Waals surface area contributed by atoms with Gasteiger partial charge in [-0.3, -0.25) is 0 Å². The van der Waals surface area contributed by atoms with Gasteiger partial charge >= 0.3 is 0 Å². The number of benzene rings is 2. The van der Waals surface area contributed by atoms with Gasteiger partial charge in [0.2, 0.25) is 0 Å². The van der Waals surface area contributed by atoms with E-state index in [2.05, 4.69) is 67.6 Å². The van der Waals surface area contributed by atoms with Gasteiger partial charge in [0.15, 0.2) is 0 Å². The zero-order chi connectivity index (χ0) is 17.4. The minimum Gasteiger partial charge on any atom is -0.0622 e. The highest BCUT2D eigenvalue weighted by molar-refractivity contribution is 5.26. The van der Waals surface area contributed by atoms with E-state index >= 15 is 0 Å². The van der Waals surface area contributed by atoms with Gasteiger partial charge in [-0.2, -0.15) is 0 Å². The molecule has 0 N–H and O–H groups in total. The van der Waals surface area contributed by atoms with E-state index in [4.69, 9.17) is 0 Å². The number of aryl methyl sites for hydroxylation is 1. The maximum Gasteiger partial charge on any atom is -0.00442 e. The van der Waals surface area contributed by atoms with Gasteiger partial charge in [0.05, 0.1) is 0 Å². The molecular formula is C25H33. The zero-order valence-corrected chi connectivity index (χ0v) is 15.6. The van der Waals surface area contributed by atoms with Crippen molar-refractivity contribution in [2.75, 3.05) is 0 Å². The standard InChI is InChI=1S/C25H33/c1-2-25(24-18-10-5-11-19-24,21-23-15-8-4-9-16-23)20-12-17-22-13-6-3-7-14-22/h3,5-7,10-11,13-14,18-19,23H,1-2,4,8-9,12,15-17,20-21H2. The van der Waals surface area contributed by atoms with E-state index in [-0.39, 0.29) is 5.41 Å². The Balaban J connectivity index is 1.72. The summed E-state index contributed by atoms with van der Waals surface area (Å²) in [6, 6.07) is 22.2. The molecule has 0 amide bonds. The summed E-state index contributed by atoms with van der Waals surface area (Å²) >= 11 is 0. The predicted octanol–water partition coefficient (Wildman–Crippen LogP) is 7.14. The largest absolute Gasteiger partial charge is 0.0622 e. The lowest BCUT2D eigenvalue weighted by Crippen LogP contribution is -2.29. The van der Waals surface area contributed by atoms with Crippen molar-refractivity contribution in [2.45, 2.75) is 69.6 Å². The highest BCUT2D eigenvalue weighted by atomic mass is 14.4. The van der Waals surface area contributed by atoms with E-state index in [1.54, 1.807) is 0 Å². The third-order valence-corrected chi connectivity index (χ3v) is 6.23. The van der Waals surface area contributed by atoms with Crippen molar-refractivity contribution >= 4 is 0 Å². The highest BCUT2D eigenvalue weighted by Gasteiger charge is 2.33.